The second-order valence-corrected chi connectivity index (χ2v) is 7.18. The third kappa shape index (κ3) is 2.92. The third-order valence-corrected chi connectivity index (χ3v) is 5.09. The van der Waals surface area contributed by atoms with Gasteiger partial charge in [0.15, 0.2) is 0 Å². The molecule has 0 radical (unpaired) electrons. The molecule has 1 aromatic carbocycles. The molecule has 0 amide bonds. The van der Waals surface area contributed by atoms with Crippen LogP contribution in [-0.4, -0.2) is 12.0 Å². The number of nitrogens with zero attached hydrogens (tertiary/aromatic N) is 1. The predicted octanol–water partition coefficient (Wildman–Crippen LogP) is 4.56. The second-order valence-electron chi connectivity index (χ2n) is 4.68. The summed E-state index contributed by atoms with van der Waals surface area (Å²) in [7, 11) is 2.00. The summed E-state index contributed by atoms with van der Waals surface area (Å²) in [4.78, 5) is 6.08. The summed E-state index contributed by atoms with van der Waals surface area (Å²) >= 11 is 5.29. The van der Waals surface area contributed by atoms with E-state index in [-0.39, 0.29) is 0 Å². The summed E-state index contributed by atoms with van der Waals surface area (Å²) in [6.45, 7) is 0. The first-order chi connectivity index (χ1) is 9.76. The smallest absolute Gasteiger partial charge is 0.0705 e. The monoisotopic (exact) mass is 346 g/mol. The molecule has 1 N–H and O–H groups in total. The summed E-state index contributed by atoms with van der Waals surface area (Å²) in [6, 6.07) is 17.1. The number of thiophene rings is 1. The minimum absolute atomic E-state index is 0.306. The van der Waals surface area contributed by atoms with Gasteiger partial charge < -0.3 is 5.32 Å². The van der Waals surface area contributed by atoms with E-state index >= 15 is 0 Å². The van der Waals surface area contributed by atoms with E-state index in [1.165, 1.54) is 14.0 Å². The number of nitrogens with one attached hydrogen (secondary N) is 1. The molecule has 20 heavy (non-hydrogen) atoms. The Kier molecular flexibility index (Phi) is 4.15. The Hall–Kier alpha value is -1.23. The molecule has 0 saturated carbocycles. The van der Waals surface area contributed by atoms with E-state index in [1.807, 2.05) is 19.2 Å². The van der Waals surface area contributed by atoms with Crippen molar-refractivity contribution in [3.8, 4) is 0 Å². The molecule has 0 fully saturated rings. The normalized spacial score (nSPS) is 12.7. The first-order valence-electron chi connectivity index (χ1n) is 6.53. The molecule has 1 atom stereocenters. The molecule has 4 heteroatoms. The zero-order valence-corrected chi connectivity index (χ0v) is 13.5. The lowest BCUT2D eigenvalue weighted by Gasteiger charge is -2.14. The standard InChI is InChI=1S/C16H15BrN2S/c1-18-14(15-8-9-16(17)20-15)10-12-7-6-11-4-2-3-5-13(11)19-12/h2-9,14,18H,10H2,1H3. The number of para-hydroxylation sites is 1. The average molecular weight is 347 g/mol. The number of halogens is 1. The molecule has 0 aliphatic carbocycles. The van der Waals surface area contributed by atoms with E-state index in [4.69, 9.17) is 4.98 Å². The summed E-state index contributed by atoms with van der Waals surface area (Å²) in [5.41, 5.74) is 2.18. The Morgan fingerprint density at radius 2 is 2.00 bits per heavy atom. The quantitative estimate of drug-likeness (QED) is 0.748. The first-order valence-corrected chi connectivity index (χ1v) is 8.14. The molecule has 2 nitrogen and oxygen atoms in total. The maximum absolute atomic E-state index is 4.75. The highest BCUT2D eigenvalue weighted by Gasteiger charge is 2.13. The molecule has 0 aliphatic heterocycles. The van der Waals surface area contributed by atoms with Crippen molar-refractivity contribution in [3.05, 3.63) is 62.9 Å². The van der Waals surface area contributed by atoms with Gasteiger partial charge in [-0.1, -0.05) is 24.3 Å². The van der Waals surface area contributed by atoms with Crippen LogP contribution in [0.3, 0.4) is 0 Å². The van der Waals surface area contributed by atoms with Gasteiger partial charge >= 0.3 is 0 Å². The maximum Gasteiger partial charge on any atom is 0.0705 e. The number of hydrogen-bond donors (Lipinski definition) is 1. The Morgan fingerprint density at radius 1 is 1.15 bits per heavy atom. The van der Waals surface area contributed by atoms with Crippen LogP contribution in [0, 0.1) is 0 Å². The molecule has 0 spiro atoms. The molecule has 3 aromatic rings. The van der Waals surface area contributed by atoms with Gasteiger partial charge in [-0.3, -0.25) is 4.98 Å². The minimum atomic E-state index is 0.306. The van der Waals surface area contributed by atoms with Crippen molar-refractivity contribution in [2.45, 2.75) is 12.5 Å². The highest BCUT2D eigenvalue weighted by molar-refractivity contribution is 9.11. The van der Waals surface area contributed by atoms with Gasteiger partial charge in [-0.25, -0.2) is 0 Å². The van der Waals surface area contributed by atoms with Gasteiger partial charge in [0.1, 0.15) is 0 Å². The van der Waals surface area contributed by atoms with Gasteiger partial charge in [-0.05, 0) is 47.2 Å². The molecular weight excluding hydrogens is 332 g/mol. The van der Waals surface area contributed by atoms with Crippen molar-refractivity contribution in [2.24, 2.45) is 0 Å². The van der Waals surface area contributed by atoms with Crippen LogP contribution in [0.2, 0.25) is 0 Å². The Labute approximate surface area is 131 Å². The van der Waals surface area contributed by atoms with Crippen LogP contribution in [0.25, 0.3) is 10.9 Å². The number of pyridine rings is 1. The number of benzene rings is 1. The maximum atomic E-state index is 4.75. The Morgan fingerprint density at radius 3 is 2.75 bits per heavy atom. The number of fused-ring (bicyclic) bond motifs is 1. The van der Waals surface area contributed by atoms with Gasteiger partial charge in [-0.15, -0.1) is 11.3 Å². The van der Waals surface area contributed by atoms with Crippen molar-refractivity contribution >= 4 is 38.2 Å². The second kappa shape index (κ2) is 6.04. The fourth-order valence-corrected chi connectivity index (χ4v) is 3.83. The predicted molar refractivity (Wildman–Crippen MR) is 89.3 cm³/mol. The largest absolute Gasteiger partial charge is 0.312 e. The number of likely N-dealkylation sites (N-methyl/N-ethyl adjacent to an activating group) is 1. The molecule has 2 aromatic heterocycles. The van der Waals surface area contributed by atoms with Gasteiger partial charge in [0, 0.05) is 28.4 Å². The molecule has 2 heterocycles. The lowest BCUT2D eigenvalue weighted by Crippen LogP contribution is -2.18. The third-order valence-electron chi connectivity index (χ3n) is 3.36. The van der Waals surface area contributed by atoms with E-state index in [9.17, 15) is 0 Å². The van der Waals surface area contributed by atoms with E-state index in [0.717, 1.165) is 17.6 Å². The molecule has 102 valence electrons. The highest BCUT2D eigenvalue weighted by atomic mass is 79.9. The topological polar surface area (TPSA) is 24.9 Å². The van der Waals surface area contributed by atoms with Crippen LogP contribution in [-0.2, 0) is 6.42 Å². The Balaban J connectivity index is 1.87. The number of rotatable bonds is 4. The van der Waals surface area contributed by atoms with Crippen LogP contribution in [0.5, 0.6) is 0 Å². The molecule has 1 unspecified atom stereocenters. The fraction of sp³-hybridized carbons (Fsp3) is 0.188. The molecule has 0 bridgehead atoms. The van der Waals surface area contributed by atoms with Crippen LogP contribution in [0.15, 0.2) is 52.3 Å². The van der Waals surface area contributed by atoms with Gasteiger partial charge in [0.25, 0.3) is 0 Å². The van der Waals surface area contributed by atoms with Crippen LogP contribution in [0.1, 0.15) is 16.6 Å². The fourth-order valence-electron chi connectivity index (χ4n) is 2.29. The minimum Gasteiger partial charge on any atom is -0.312 e. The van der Waals surface area contributed by atoms with Crippen molar-refractivity contribution in [1.29, 1.82) is 0 Å². The van der Waals surface area contributed by atoms with Gasteiger partial charge in [-0.2, -0.15) is 0 Å². The van der Waals surface area contributed by atoms with E-state index in [1.54, 1.807) is 11.3 Å². The summed E-state index contributed by atoms with van der Waals surface area (Å²) < 4.78 is 1.17. The number of aromatic nitrogens is 1. The Bertz CT molecular complexity index is 723. The van der Waals surface area contributed by atoms with Gasteiger partial charge in [0.05, 0.1) is 9.30 Å². The van der Waals surface area contributed by atoms with Gasteiger partial charge in [0.2, 0.25) is 0 Å². The SMILES string of the molecule is CNC(Cc1ccc2ccccc2n1)c1ccc(Br)s1. The first kappa shape index (κ1) is 13.7. The van der Waals surface area contributed by atoms with E-state index < -0.39 is 0 Å². The highest BCUT2D eigenvalue weighted by Crippen LogP contribution is 2.29. The average Bonchev–Trinajstić information content (AvgIpc) is 2.91. The van der Waals surface area contributed by atoms with Crippen LogP contribution < -0.4 is 5.32 Å². The summed E-state index contributed by atoms with van der Waals surface area (Å²) in [5, 5.41) is 4.57. The van der Waals surface area contributed by atoms with Crippen molar-refractivity contribution < 1.29 is 0 Å². The lowest BCUT2D eigenvalue weighted by molar-refractivity contribution is 0.595. The van der Waals surface area contributed by atoms with Crippen molar-refractivity contribution in [2.75, 3.05) is 7.05 Å². The van der Waals surface area contributed by atoms with Crippen molar-refractivity contribution in [1.82, 2.24) is 10.3 Å². The van der Waals surface area contributed by atoms with E-state index in [2.05, 4.69) is 57.6 Å². The zero-order valence-electron chi connectivity index (χ0n) is 11.1. The number of hydrogen-bond acceptors (Lipinski definition) is 3. The van der Waals surface area contributed by atoms with Crippen LogP contribution in [0.4, 0.5) is 0 Å². The molecule has 0 saturated heterocycles. The molecule has 3 rings (SSSR count). The molecule has 0 aliphatic rings. The van der Waals surface area contributed by atoms with Crippen molar-refractivity contribution in [3.63, 3.8) is 0 Å². The van der Waals surface area contributed by atoms with Crippen LogP contribution >= 0.6 is 27.3 Å². The molecular formula is C16H15BrN2S. The zero-order chi connectivity index (χ0) is 13.9. The van der Waals surface area contributed by atoms with E-state index in [0.29, 0.717) is 6.04 Å². The lowest BCUT2D eigenvalue weighted by atomic mass is 10.1. The summed E-state index contributed by atoms with van der Waals surface area (Å²) in [6.07, 6.45) is 0.897. The summed E-state index contributed by atoms with van der Waals surface area (Å²) in [5.74, 6) is 0.